The normalized spacial score (nSPS) is 14.2. The van der Waals surface area contributed by atoms with E-state index in [0.29, 0.717) is 18.2 Å². The number of nitrogens with zero attached hydrogens (tertiary/aromatic N) is 1. The molecule has 1 aromatic rings. The zero-order valence-corrected chi connectivity index (χ0v) is 13.2. The maximum atomic E-state index is 10.4. The highest BCUT2D eigenvalue weighted by Gasteiger charge is 2.17. The smallest absolute Gasteiger partial charge is 0.124 e. The first kappa shape index (κ1) is 16.8. The quantitative estimate of drug-likeness (QED) is 0.795. The predicted octanol–water partition coefficient (Wildman–Crippen LogP) is 2.72. The SMILES string of the molecule is CCC(C)CN(C)CC(O)c1cc(OC)ccc1OC. The lowest BCUT2D eigenvalue weighted by Gasteiger charge is -2.24. The molecule has 0 aromatic heterocycles. The summed E-state index contributed by atoms with van der Waals surface area (Å²) in [5, 5.41) is 10.4. The first-order valence-electron chi connectivity index (χ1n) is 7.10. The second-order valence-corrected chi connectivity index (χ2v) is 5.36. The second-order valence-electron chi connectivity index (χ2n) is 5.36. The van der Waals surface area contributed by atoms with Crippen molar-refractivity contribution in [1.82, 2.24) is 4.90 Å². The number of methoxy groups -OCH3 is 2. The fourth-order valence-electron chi connectivity index (χ4n) is 2.23. The van der Waals surface area contributed by atoms with Crippen molar-refractivity contribution in [1.29, 1.82) is 0 Å². The Kier molecular flexibility index (Phi) is 6.82. The molecule has 0 radical (unpaired) electrons. The van der Waals surface area contributed by atoms with Gasteiger partial charge in [0.2, 0.25) is 0 Å². The van der Waals surface area contributed by atoms with Gasteiger partial charge in [-0.2, -0.15) is 0 Å². The van der Waals surface area contributed by atoms with Crippen molar-refractivity contribution >= 4 is 0 Å². The molecular formula is C16H27NO3. The van der Waals surface area contributed by atoms with Crippen LogP contribution < -0.4 is 9.47 Å². The molecule has 0 saturated carbocycles. The Morgan fingerprint density at radius 1 is 1.20 bits per heavy atom. The average molecular weight is 281 g/mol. The van der Waals surface area contributed by atoms with Crippen LogP contribution in [-0.4, -0.2) is 44.4 Å². The molecule has 0 bridgehead atoms. The Morgan fingerprint density at radius 2 is 1.90 bits per heavy atom. The molecule has 0 aliphatic carbocycles. The van der Waals surface area contributed by atoms with Crippen LogP contribution in [0.1, 0.15) is 31.9 Å². The molecule has 1 aromatic carbocycles. The molecular weight excluding hydrogens is 254 g/mol. The highest BCUT2D eigenvalue weighted by molar-refractivity contribution is 5.41. The Balaban J connectivity index is 2.77. The number of aliphatic hydroxyl groups excluding tert-OH is 1. The molecule has 2 unspecified atom stereocenters. The van der Waals surface area contributed by atoms with Crippen LogP contribution in [0.25, 0.3) is 0 Å². The van der Waals surface area contributed by atoms with Gasteiger partial charge in [-0.3, -0.25) is 0 Å². The number of aliphatic hydroxyl groups is 1. The van der Waals surface area contributed by atoms with E-state index in [2.05, 4.69) is 18.7 Å². The minimum absolute atomic E-state index is 0.577. The van der Waals surface area contributed by atoms with Crippen molar-refractivity contribution in [3.05, 3.63) is 23.8 Å². The van der Waals surface area contributed by atoms with E-state index in [-0.39, 0.29) is 0 Å². The molecule has 0 spiro atoms. The molecule has 0 amide bonds. The number of ether oxygens (including phenoxy) is 2. The predicted molar refractivity (Wildman–Crippen MR) is 81.5 cm³/mol. The zero-order valence-electron chi connectivity index (χ0n) is 13.2. The van der Waals surface area contributed by atoms with Crippen molar-refractivity contribution in [3.63, 3.8) is 0 Å². The van der Waals surface area contributed by atoms with E-state index in [1.807, 2.05) is 25.2 Å². The van der Waals surface area contributed by atoms with Crippen LogP contribution in [0.4, 0.5) is 0 Å². The summed E-state index contributed by atoms with van der Waals surface area (Å²) in [6.07, 6.45) is 0.553. The standard InChI is InChI=1S/C16H27NO3/c1-6-12(2)10-17(3)11-15(18)14-9-13(19-4)7-8-16(14)20-5/h7-9,12,15,18H,6,10-11H2,1-5H3. The van der Waals surface area contributed by atoms with Gasteiger partial charge in [-0.05, 0) is 31.2 Å². The largest absolute Gasteiger partial charge is 0.497 e. The Morgan fingerprint density at radius 3 is 2.45 bits per heavy atom. The van der Waals surface area contributed by atoms with Gasteiger partial charge >= 0.3 is 0 Å². The third-order valence-corrected chi connectivity index (χ3v) is 3.60. The molecule has 1 rings (SSSR count). The third kappa shape index (κ3) is 4.69. The van der Waals surface area contributed by atoms with Crippen molar-refractivity contribution in [2.45, 2.75) is 26.4 Å². The molecule has 2 atom stereocenters. The summed E-state index contributed by atoms with van der Waals surface area (Å²) in [5.41, 5.74) is 0.767. The van der Waals surface area contributed by atoms with Gasteiger partial charge in [0.05, 0.1) is 20.3 Å². The molecule has 1 N–H and O–H groups in total. The zero-order chi connectivity index (χ0) is 15.1. The summed E-state index contributed by atoms with van der Waals surface area (Å²) in [6.45, 7) is 5.95. The highest BCUT2D eigenvalue weighted by atomic mass is 16.5. The summed E-state index contributed by atoms with van der Waals surface area (Å²) in [6, 6.07) is 5.49. The molecule has 0 fully saturated rings. The first-order valence-corrected chi connectivity index (χ1v) is 7.10. The lowest BCUT2D eigenvalue weighted by atomic mass is 10.1. The van der Waals surface area contributed by atoms with Crippen LogP contribution in [0.5, 0.6) is 11.5 Å². The van der Waals surface area contributed by atoms with Crippen LogP contribution in [0.2, 0.25) is 0 Å². The van der Waals surface area contributed by atoms with Gasteiger partial charge in [0.1, 0.15) is 11.5 Å². The van der Waals surface area contributed by atoms with Crippen LogP contribution >= 0.6 is 0 Å². The number of hydrogen-bond donors (Lipinski definition) is 1. The Bertz CT molecular complexity index is 409. The van der Waals surface area contributed by atoms with E-state index in [1.165, 1.54) is 0 Å². The molecule has 114 valence electrons. The minimum Gasteiger partial charge on any atom is -0.497 e. The second kappa shape index (κ2) is 8.12. The van der Waals surface area contributed by atoms with E-state index in [4.69, 9.17) is 9.47 Å². The van der Waals surface area contributed by atoms with E-state index in [9.17, 15) is 5.11 Å². The van der Waals surface area contributed by atoms with Crippen molar-refractivity contribution < 1.29 is 14.6 Å². The minimum atomic E-state index is -0.589. The lowest BCUT2D eigenvalue weighted by Crippen LogP contribution is -2.29. The van der Waals surface area contributed by atoms with Gasteiger partial charge in [-0.1, -0.05) is 20.3 Å². The van der Waals surface area contributed by atoms with Gasteiger partial charge in [0, 0.05) is 18.7 Å². The maximum Gasteiger partial charge on any atom is 0.124 e. The highest BCUT2D eigenvalue weighted by Crippen LogP contribution is 2.29. The summed E-state index contributed by atoms with van der Waals surface area (Å²) >= 11 is 0. The summed E-state index contributed by atoms with van der Waals surface area (Å²) < 4.78 is 10.5. The Labute approximate surface area is 122 Å². The number of benzene rings is 1. The third-order valence-electron chi connectivity index (χ3n) is 3.60. The van der Waals surface area contributed by atoms with Crippen molar-refractivity contribution in [3.8, 4) is 11.5 Å². The van der Waals surface area contributed by atoms with E-state index in [1.54, 1.807) is 14.2 Å². The van der Waals surface area contributed by atoms with Crippen molar-refractivity contribution in [2.75, 3.05) is 34.4 Å². The van der Waals surface area contributed by atoms with Gasteiger partial charge < -0.3 is 19.5 Å². The van der Waals surface area contributed by atoms with Gasteiger partial charge in [0.15, 0.2) is 0 Å². The number of rotatable bonds is 8. The Hall–Kier alpha value is -1.26. The molecule has 0 aliphatic rings. The fourth-order valence-corrected chi connectivity index (χ4v) is 2.23. The number of hydrogen-bond acceptors (Lipinski definition) is 4. The maximum absolute atomic E-state index is 10.4. The number of likely N-dealkylation sites (N-methyl/N-ethyl adjacent to an activating group) is 1. The van der Waals surface area contributed by atoms with Crippen LogP contribution in [-0.2, 0) is 0 Å². The molecule has 0 heterocycles. The van der Waals surface area contributed by atoms with Gasteiger partial charge in [0.25, 0.3) is 0 Å². The van der Waals surface area contributed by atoms with E-state index < -0.39 is 6.10 Å². The van der Waals surface area contributed by atoms with E-state index >= 15 is 0 Å². The van der Waals surface area contributed by atoms with E-state index in [0.717, 1.165) is 24.3 Å². The molecule has 0 saturated heterocycles. The molecule has 20 heavy (non-hydrogen) atoms. The van der Waals surface area contributed by atoms with Gasteiger partial charge in [-0.25, -0.2) is 0 Å². The fraction of sp³-hybridized carbons (Fsp3) is 0.625. The summed E-state index contributed by atoms with van der Waals surface area (Å²) in [4.78, 5) is 2.15. The topological polar surface area (TPSA) is 41.9 Å². The van der Waals surface area contributed by atoms with Crippen LogP contribution in [0.3, 0.4) is 0 Å². The molecule has 0 aliphatic heterocycles. The van der Waals surface area contributed by atoms with Crippen molar-refractivity contribution in [2.24, 2.45) is 5.92 Å². The first-order chi connectivity index (χ1) is 9.51. The monoisotopic (exact) mass is 281 g/mol. The summed E-state index contributed by atoms with van der Waals surface area (Å²) in [5.74, 6) is 2.04. The average Bonchev–Trinajstić information content (AvgIpc) is 2.45. The van der Waals surface area contributed by atoms with Crippen LogP contribution in [0, 0.1) is 5.92 Å². The van der Waals surface area contributed by atoms with Gasteiger partial charge in [-0.15, -0.1) is 0 Å². The molecule has 4 nitrogen and oxygen atoms in total. The molecule has 4 heteroatoms. The summed E-state index contributed by atoms with van der Waals surface area (Å²) in [7, 11) is 5.26. The lowest BCUT2D eigenvalue weighted by molar-refractivity contribution is 0.116. The van der Waals surface area contributed by atoms with Crippen LogP contribution in [0.15, 0.2) is 18.2 Å².